The molecule has 1 atom stereocenters. The van der Waals surface area contributed by atoms with Gasteiger partial charge < -0.3 is 14.5 Å². The zero-order valence-corrected chi connectivity index (χ0v) is 14.3. The lowest BCUT2D eigenvalue weighted by molar-refractivity contribution is -0.139. The molecule has 0 saturated heterocycles. The third-order valence-corrected chi connectivity index (χ3v) is 4.12. The second-order valence-electron chi connectivity index (χ2n) is 5.29. The minimum atomic E-state index is -0.466. The van der Waals surface area contributed by atoms with E-state index in [0.717, 1.165) is 11.4 Å². The van der Waals surface area contributed by atoms with E-state index in [1.807, 2.05) is 48.2 Å². The number of benzene rings is 1. The summed E-state index contributed by atoms with van der Waals surface area (Å²) in [5.41, 5.74) is 2.10. The normalized spacial score (nSPS) is 17.7. The summed E-state index contributed by atoms with van der Waals surface area (Å²) >= 11 is 5.53. The van der Waals surface area contributed by atoms with Crippen LogP contribution in [-0.2, 0) is 9.53 Å². The summed E-state index contributed by atoms with van der Waals surface area (Å²) in [6.07, 6.45) is 1.57. The third-order valence-electron chi connectivity index (χ3n) is 3.82. The van der Waals surface area contributed by atoms with Gasteiger partial charge in [0.05, 0.1) is 18.4 Å². The van der Waals surface area contributed by atoms with Gasteiger partial charge in [-0.1, -0.05) is 18.2 Å². The van der Waals surface area contributed by atoms with Crippen molar-refractivity contribution in [3.63, 3.8) is 0 Å². The smallest absolute Gasteiger partial charge is 0.338 e. The second-order valence-corrected chi connectivity index (χ2v) is 5.68. The molecule has 0 saturated carbocycles. The Morgan fingerprint density at radius 3 is 2.67 bits per heavy atom. The Morgan fingerprint density at radius 2 is 2.04 bits per heavy atom. The molecule has 0 radical (unpaired) electrons. The van der Waals surface area contributed by atoms with Gasteiger partial charge in [-0.15, -0.1) is 0 Å². The van der Waals surface area contributed by atoms with E-state index in [1.54, 1.807) is 19.3 Å². The lowest BCUT2D eigenvalue weighted by Gasteiger charge is -2.36. The molecule has 0 amide bonds. The fourth-order valence-corrected chi connectivity index (χ4v) is 3.13. The van der Waals surface area contributed by atoms with Gasteiger partial charge in [-0.2, -0.15) is 0 Å². The molecule has 1 aromatic carbocycles. The number of esters is 1. The molecule has 3 rings (SSSR count). The first kappa shape index (κ1) is 16.3. The predicted octanol–water partition coefficient (Wildman–Crippen LogP) is 3.55. The summed E-state index contributed by atoms with van der Waals surface area (Å²) in [4.78, 5) is 14.4. The molecule has 2 aromatic rings. The molecule has 1 N–H and O–H groups in total. The Balaban J connectivity index is 2.11. The van der Waals surface area contributed by atoms with E-state index in [9.17, 15) is 4.79 Å². The number of allylic oxidation sites excluding steroid dienone is 1. The number of anilines is 1. The minimum Gasteiger partial charge on any atom is -0.467 e. The summed E-state index contributed by atoms with van der Waals surface area (Å²) in [5, 5.41) is 3.70. The fourth-order valence-electron chi connectivity index (χ4n) is 2.77. The fraction of sp³-hybridized carbons (Fsp3) is 0.222. The second kappa shape index (κ2) is 6.88. The van der Waals surface area contributed by atoms with E-state index in [2.05, 4.69) is 5.32 Å². The molecule has 24 heavy (non-hydrogen) atoms. The Labute approximate surface area is 145 Å². The molecular formula is C18H18N2O3S. The molecule has 0 aliphatic carbocycles. The first-order valence-corrected chi connectivity index (χ1v) is 8.11. The van der Waals surface area contributed by atoms with Crippen molar-refractivity contribution < 1.29 is 13.9 Å². The molecular weight excluding hydrogens is 324 g/mol. The number of ether oxygens (including phenoxy) is 1. The van der Waals surface area contributed by atoms with E-state index in [4.69, 9.17) is 21.4 Å². The molecule has 2 heterocycles. The van der Waals surface area contributed by atoms with Gasteiger partial charge in [0.2, 0.25) is 0 Å². The molecule has 0 unspecified atom stereocenters. The molecule has 1 aliphatic heterocycles. The quantitative estimate of drug-likeness (QED) is 0.677. The van der Waals surface area contributed by atoms with E-state index in [1.165, 1.54) is 0 Å². The average molecular weight is 342 g/mol. The van der Waals surface area contributed by atoms with Crippen LogP contribution in [0.3, 0.4) is 0 Å². The van der Waals surface area contributed by atoms with Crippen molar-refractivity contribution in [3.05, 3.63) is 65.8 Å². The Morgan fingerprint density at radius 1 is 1.29 bits per heavy atom. The standard InChI is InChI=1S/C18H18N2O3S/c1-3-22-17(21)15-12(2)20(13-8-5-4-6-9-13)18(24)19-16(15)14-10-7-11-23-14/h4-11,16H,3H2,1-2H3,(H,19,24)/t16-/m0/s1. The lowest BCUT2D eigenvalue weighted by Crippen LogP contribution is -2.48. The summed E-state index contributed by atoms with van der Waals surface area (Å²) in [6, 6.07) is 12.8. The molecule has 0 fully saturated rings. The largest absolute Gasteiger partial charge is 0.467 e. The van der Waals surface area contributed by atoms with Crippen LogP contribution in [0.15, 0.2) is 64.4 Å². The third kappa shape index (κ3) is 2.92. The van der Waals surface area contributed by atoms with Gasteiger partial charge in [-0.05, 0) is 50.3 Å². The highest BCUT2D eigenvalue weighted by Crippen LogP contribution is 2.34. The topological polar surface area (TPSA) is 54.7 Å². The molecule has 5 nitrogen and oxygen atoms in total. The van der Waals surface area contributed by atoms with Crippen LogP contribution in [0, 0.1) is 0 Å². The molecule has 124 valence electrons. The van der Waals surface area contributed by atoms with Crippen LogP contribution in [0.5, 0.6) is 0 Å². The van der Waals surface area contributed by atoms with Crippen molar-refractivity contribution in [2.45, 2.75) is 19.9 Å². The van der Waals surface area contributed by atoms with Gasteiger partial charge in [-0.25, -0.2) is 4.79 Å². The van der Waals surface area contributed by atoms with Crippen molar-refractivity contribution >= 4 is 29.0 Å². The van der Waals surface area contributed by atoms with E-state index < -0.39 is 6.04 Å². The first-order chi connectivity index (χ1) is 11.6. The number of rotatable bonds is 4. The van der Waals surface area contributed by atoms with Gasteiger partial charge in [0.25, 0.3) is 0 Å². The number of carbonyl (C=O) groups excluding carboxylic acids is 1. The number of carbonyl (C=O) groups is 1. The zero-order chi connectivity index (χ0) is 17.1. The maximum atomic E-state index is 12.6. The van der Waals surface area contributed by atoms with Gasteiger partial charge in [-0.3, -0.25) is 4.90 Å². The predicted molar refractivity (Wildman–Crippen MR) is 95.4 cm³/mol. The van der Waals surface area contributed by atoms with Crippen LogP contribution in [0.2, 0.25) is 0 Å². The number of nitrogens with zero attached hydrogens (tertiary/aromatic N) is 1. The van der Waals surface area contributed by atoms with Crippen molar-refractivity contribution in [2.75, 3.05) is 11.5 Å². The molecule has 0 spiro atoms. The van der Waals surface area contributed by atoms with Crippen LogP contribution < -0.4 is 10.2 Å². The Bertz CT molecular complexity index is 769. The minimum absolute atomic E-state index is 0.302. The van der Waals surface area contributed by atoms with E-state index in [0.29, 0.717) is 23.1 Å². The van der Waals surface area contributed by atoms with Crippen LogP contribution >= 0.6 is 12.2 Å². The van der Waals surface area contributed by atoms with E-state index in [-0.39, 0.29) is 5.97 Å². The van der Waals surface area contributed by atoms with Crippen molar-refractivity contribution in [1.29, 1.82) is 0 Å². The number of thiocarbonyl (C=S) groups is 1. The number of nitrogens with one attached hydrogen (secondary N) is 1. The van der Waals surface area contributed by atoms with Crippen molar-refractivity contribution in [3.8, 4) is 0 Å². The Hall–Kier alpha value is -2.60. The van der Waals surface area contributed by atoms with Crippen LogP contribution in [0.1, 0.15) is 25.6 Å². The molecule has 6 heteroatoms. The number of hydrogen-bond acceptors (Lipinski definition) is 4. The highest BCUT2D eigenvalue weighted by molar-refractivity contribution is 7.80. The van der Waals surface area contributed by atoms with Gasteiger partial charge in [0, 0.05) is 11.4 Å². The molecule has 1 aliphatic rings. The van der Waals surface area contributed by atoms with Crippen molar-refractivity contribution in [2.24, 2.45) is 0 Å². The molecule has 0 bridgehead atoms. The van der Waals surface area contributed by atoms with E-state index >= 15 is 0 Å². The highest BCUT2D eigenvalue weighted by atomic mass is 32.1. The summed E-state index contributed by atoms with van der Waals surface area (Å²) in [6.45, 7) is 3.95. The van der Waals surface area contributed by atoms with Crippen LogP contribution in [0.4, 0.5) is 5.69 Å². The van der Waals surface area contributed by atoms with Crippen LogP contribution in [-0.4, -0.2) is 17.7 Å². The monoisotopic (exact) mass is 342 g/mol. The van der Waals surface area contributed by atoms with Gasteiger partial charge in [0.1, 0.15) is 11.8 Å². The maximum absolute atomic E-state index is 12.6. The average Bonchev–Trinajstić information content (AvgIpc) is 3.10. The Kier molecular flexibility index (Phi) is 4.66. The summed E-state index contributed by atoms with van der Waals surface area (Å²) in [5.74, 6) is 0.236. The van der Waals surface area contributed by atoms with Gasteiger partial charge in [0.15, 0.2) is 5.11 Å². The number of furan rings is 1. The zero-order valence-electron chi connectivity index (χ0n) is 13.5. The van der Waals surface area contributed by atoms with Gasteiger partial charge >= 0.3 is 5.97 Å². The lowest BCUT2D eigenvalue weighted by atomic mass is 9.99. The maximum Gasteiger partial charge on any atom is 0.338 e. The molecule has 1 aromatic heterocycles. The SMILES string of the molecule is CCOC(=O)C1=C(C)N(c2ccccc2)C(=S)N[C@H]1c1ccco1. The first-order valence-electron chi connectivity index (χ1n) is 7.70. The number of hydrogen-bond donors (Lipinski definition) is 1. The summed E-state index contributed by atoms with van der Waals surface area (Å²) < 4.78 is 10.7. The number of para-hydroxylation sites is 1. The summed E-state index contributed by atoms with van der Waals surface area (Å²) in [7, 11) is 0. The van der Waals surface area contributed by atoms with Crippen LogP contribution in [0.25, 0.3) is 0 Å². The van der Waals surface area contributed by atoms with Crippen molar-refractivity contribution in [1.82, 2.24) is 5.32 Å². The highest BCUT2D eigenvalue weighted by Gasteiger charge is 2.36.